The largest absolute Gasteiger partial charge is 0.325 e. The molecular weight excluding hydrogens is 372 g/mol. The maximum absolute atomic E-state index is 12.6. The van der Waals surface area contributed by atoms with Crippen LogP contribution >= 0.6 is 11.8 Å². The molecular formula is C19H21F2N3O2S. The second-order valence-electron chi connectivity index (χ2n) is 6.01. The maximum Gasteiger partial charge on any atom is 0.288 e. The highest BCUT2D eigenvalue weighted by atomic mass is 32.2. The molecule has 27 heavy (non-hydrogen) atoms. The summed E-state index contributed by atoms with van der Waals surface area (Å²) in [6.07, 6.45) is 0. The number of hydrogen-bond acceptors (Lipinski definition) is 4. The first-order valence-electron chi connectivity index (χ1n) is 8.22. The molecule has 0 spiro atoms. The van der Waals surface area contributed by atoms with Gasteiger partial charge in [-0.1, -0.05) is 41.6 Å². The number of halogens is 2. The number of rotatable bonds is 8. The van der Waals surface area contributed by atoms with Crippen molar-refractivity contribution >= 4 is 35.0 Å². The van der Waals surface area contributed by atoms with Crippen molar-refractivity contribution in [2.45, 2.75) is 17.6 Å². The predicted octanol–water partition coefficient (Wildman–Crippen LogP) is 3.82. The number of aryl methyl sites for hydroxylation is 1. The minimum Gasteiger partial charge on any atom is -0.325 e. The smallest absolute Gasteiger partial charge is 0.288 e. The highest BCUT2D eigenvalue weighted by molar-refractivity contribution is 7.99. The minimum absolute atomic E-state index is 0.0225. The molecule has 0 atom stereocenters. The van der Waals surface area contributed by atoms with Crippen LogP contribution in [-0.2, 0) is 9.59 Å². The van der Waals surface area contributed by atoms with Crippen LogP contribution in [0.2, 0.25) is 0 Å². The van der Waals surface area contributed by atoms with E-state index < -0.39 is 5.76 Å². The van der Waals surface area contributed by atoms with Crippen molar-refractivity contribution in [1.29, 1.82) is 0 Å². The number of carbonyl (C=O) groups excluding carboxylic acids is 2. The average Bonchev–Trinajstić information content (AvgIpc) is 2.58. The molecule has 0 aromatic heterocycles. The van der Waals surface area contributed by atoms with Gasteiger partial charge in [-0.15, -0.1) is 0 Å². The number of carbonyl (C=O) groups is 2. The fraction of sp³-hybridized carbons (Fsp3) is 0.263. The van der Waals surface area contributed by atoms with E-state index in [0.717, 1.165) is 5.56 Å². The molecule has 0 aliphatic rings. The molecule has 0 aliphatic carbocycles. The van der Waals surface area contributed by atoms with E-state index in [1.807, 2.05) is 19.1 Å². The molecule has 5 nitrogen and oxygen atoms in total. The molecule has 2 rings (SSSR count). The van der Waals surface area contributed by atoms with Crippen LogP contribution in [0, 0.1) is 6.92 Å². The quantitative estimate of drug-likeness (QED) is 0.670. The summed E-state index contributed by atoms with van der Waals surface area (Å²) in [4.78, 5) is 26.0. The fourth-order valence-corrected chi connectivity index (χ4v) is 2.94. The van der Waals surface area contributed by atoms with Crippen LogP contribution in [0.3, 0.4) is 0 Å². The third-order valence-corrected chi connectivity index (χ3v) is 4.33. The molecule has 0 saturated heterocycles. The zero-order valence-corrected chi connectivity index (χ0v) is 15.9. The van der Waals surface area contributed by atoms with Gasteiger partial charge in [0.2, 0.25) is 11.8 Å². The Morgan fingerprint density at radius 1 is 1.00 bits per heavy atom. The normalized spacial score (nSPS) is 10.9. The Bertz CT molecular complexity index is 785. The summed E-state index contributed by atoms with van der Waals surface area (Å²) in [7, 11) is 1.63. The Labute approximate surface area is 161 Å². The third kappa shape index (κ3) is 7.36. The van der Waals surface area contributed by atoms with E-state index >= 15 is 0 Å². The van der Waals surface area contributed by atoms with Crippen molar-refractivity contribution in [3.8, 4) is 0 Å². The molecule has 2 aromatic carbocycles. The SMILES string of the molecule is Cc1ccc(NC(=O)CN(C)CC(=O)Nc2ccccc2SC(F)F)cc1. The lowest BCUT2D eigenvalue weighted by atomic mass is 10.2. The molecule has 0 heterocycles. The van der Waals surface area contributed by atoms with Crippen LogP contribution in [0.1, 0.15) is 5.56 Å². The third-order valence-electron chi connectivity index (χ3n) is 3.54. The van der Waals surface area contributed by atoms with Crippen LogP contribution in [0.25, 0.3) is 0 Å². The highest BCUT2D eigenvalue weighted by Gasteiger charge is 2.14. The van der Waals surface area contributed by atoms with Gasteiger partial charge in [0.1, 0.15) is 0 Å². The van der Waals surface area contributed by atoms with Gasteiger partial charge >= 0.3 is 0 Å². The van der Waals surface area contributed by atoms with E-state index in [2.05, 4.69) is 10.6 Å². The lowest BCUT2D eigenvalue weighted by Gasteiger charge is -2.17. The van der Waals surface area contributed by atoms with Gasteiger partial charge in [-0.05, 0) is 38.2 Å². The monoisotopic (exact) mass is 393 g/mol. The minimum atomic E-state index is -2.57. The van der Waals surface area contributed by atoms with E-state index in [-0.39, 0.29) is 24.9 Å². The van der Waals surface area contributed by atoms with Crippen LogP contribution < -0.4 is 10.6 Å². The summed E-state index contributed by atoms with van der Waals surface area (Å²) in [6, 6.07) is 13.8. The molecule has 0 saturated carbocycles. The Hall–Kier alpha value is -2.45. The first kappa shape index (κ1) is 20.9. The molecule has 2 N–H and O–H groups in total. The zero-order valence-electron chi connectivity index (χ0n) is 15.0. The number of anilines is 2. The number of nitrogens with one attached hydrogen (secondary N) is 2. The number of benzene rings is 2. The number of nitrogens with zero attached hydrogens (tertiary/aromatic N) is 1. The van der Waals surface area contributed by atoms with Crippen LogP contribution in [0.5, 0.6) is 0 Å². The number of para-hydroxylation sites is 1. The molecule has 144 valence electrons. The first-order valence-corrected chi connectivity index (χ1v) is 9.10. The Morgan fingerprint density at radius 3 is 2.22 bits per heavy atom. The Morgan fingerprint density at radius 2 is 1.59 bits per heavy atom. The number of amides is 2. The molecule has 0 aliphatic heterocycles. The van der Waals surface area contributed by atoms with Gasteiger partial charge in [-0.25, -0.2) is 0 Å². The van der Waals surface area contributed by atoms with E-state index in [4.69, 9.17) is 0 Å². The molecule has 0 unspecified atom stereocenters. The van der Waals surface area contributed by atoms with Gasteiger partial charge in [0.15, 0.2) is 0 Å². The summed E-state index contributed by atoms with van der Waals surface area (Å²) in [5.41, 5.74) is 2.10. The second-order valence-corrected chi connectivity index (χ2v) is 7.04. The van der Waals surface area contributed by atoms with Gasteiger partial charge in [0.25, 0.3) is 5.76 Å². The Kier molecular flexibility index (Phi) is 7.75. The first-order chi connectivity index (χ1) is 12.8. The van der Waals surface area contributed by atoms with Crippen LogP contribution in [-0.4, -0.2) is 42.6 Å². The number of hydrogen-bond donors (Lipinski definition) is 2. The van der Waals surface area contributed by atoms with Crippen molar-refractivity contribution in [3.05, 3.63) is 54.1 Å². The molecule has 0 bridgehead atoms. The number of alkyl halides is 2. The summed E-state index contributed by atoms with van der Waals surface area (Å²) < 4.78 is 25.2. The lowest BCUT2D eigenvalue weighted by Crippen LogP contribution is -2.36. The molecule has 8 heteroatoms. The van der Waals surface area contributed by atoms with Crippen molar-refractivity contribution in [2.75, 3.05) is 30.8 Å². The predicted molar refractivity (Wildman–Crippen MR) is 104 cm³/mol. The second kappa shape index (κ2) is 10.0. The molecule has 2 amide bonds. The van der Waals surface area contributed by atoms with E-state index in [9.17, 15) is 18.4 Å². The number of thioether (sulfide) groups is 1. The van der Waals surface area contributed by atoms with Crippen LogP contribution in [0.15, 0.2) is 53.4 Å². The van der Waals surface area contributed by atoms with Crippen molar-refractivity contribution in [3.63, 3.8) is 0 Å². The molecule has 0 fully saturated rings. The maximum atomic E-state index is 12.6. The standard InChI is InChI=1S/C19H21F2N3O2S/c1-13-7-9-14(10-8-13)22-17(25)11-24(2)12-18(26)23-15-5-3-4-6-16(15)27-19(20)21/h3-10,19H,11-12H2,1-2H3,(H,22,25)(H,23,26). The van der Waals surface area contributed by atoms with Gasteiger partial charge in [0, 0.05) is 10.6 Å². The van der Waals surface area contributed by atoms with E-state index in [0.29, 0.717) is 28.0 Å². The highest BCUT2D eigenvalue weighted by Crippen LogP contribution is 2.31. The van der Waals surface area contributed by atoms with Crippen LogP contribution in [0.4, 0.5) is 20.2 Å². The van der Waals surface area contributed by atoms with Gasteiger partial charge < -0.3 is 10.6 Å². The van der Waals surface area contributed by atoms with Gasteiger partial charge in [-0.2, -0.15) is 8.78 Å². The fourth-order valence-electron chi connectivity index (χ4n) is 2.34. The summed E-state index contributed by atoms with van der Waals surface area (Å²) in [5.74, 6) is -3.21. The average molecular weight is 393 g/mol. The summed E-state index contributed by atoms with van der Waals surface area (Å²) in [6.45, 7) is 1.93. The summed E-state index contributed by atoms with van der Waals surface area (Å²) >= 11 is 0.373. The lowest BCUT2D eigenvalue weighted by molar-refractivity contribution is -0.119. The van der Waals surface area contributed by atoms with E-state index in [1.54, 1.807) is 42.3 Å². The van der Waals surface area contributed by atoms with E-state index in [1.165, 1.54) is 6.07 Å². The molecule has 0 radical (unpaired) electrons. The molecule has 2 aromatic rings. The number of likely N-dealkylation sites (N-methyl/N-ethyl adjacent to an activating group) is 1. The topological polar surface area (TPSA) is 61.4 Å². The van der Waals surface area contributed by atoms with Gasteiger partial charge in [-0.3, -0.25) is 14.5 Å². The zero-order chi connectivity index (χ0) is 19.8. The Balaban J connectivity index is 1.85. The summed E-state index contributed by atoms with van der Waals surface area (Å²) in [5, 5.41) is 5.36. The van der Waals surface area contributed by atoms with Gasteiger partial charge in [0.05, 0.1) is 18.8 Å². The van der Waals surface area contributed by atoms with Crippen molar-refractivity contribution in [1.82, 2.24) is 4.90 Å². The van der Waals surface area contributed by atoms with Crippen molar-refractivity contribution in [2.24, 2.45) is 0 Å². The van der Waals surface area contributed by atoms with Crippen molar-refractivity contribution < 1.29 is 18.4 Å².